The van der Waals surface area contributed by atoms with Crippen LogP contribution in [0.1, 0.15) is 81.1 Å². The first kappa shape index (κ1) is 18.0. The summed E-state index contributed by atoms with van der Waals surface area (Å²) in [6.45, 7) is 19.3. The van der Waals surface area contributed by atoms with Crippen molar-refractivity contribution < 1.29 is 0 Å². The van der Waals surface area contributed by atoms with Gasteiger partial charge in [-0.3, -0.25) is 0 Å². The van der Waals surface area contributed by atoms with Gasteiger partial charge in [0.25, 0.3) is 0 Å². The molecule has 0 radical (unpaired) electrons. The molecule has 0 saturated heterocycles. The first-order chi connectivity index (χ1) is 8.38. The van der Waals surface area contributed by atoms with Crippen molar-refractivity contribution in [2.45, 2.75) is 81.1 Å². The maximum absolute atomic E-state index is 2.50. The van der Waals surface area contributed by atoms with E-state index in [0.29, 0.717) is 0 Å². The van der Waals surface area contributed by atoms with Crippen molar-refractivity contribution in [3.05, 3.63) is 0 Å². The van der Waals surface area contributed by atoms with E-state index < -0.39 is 0 Å². The molecule has 0 bridgehead atoms. The van der Waals surface area contributed by atoms with Crippen LogP contribution in [-0.2, 0) is 0 Å². The predicted molar refractivity (Wildman–Crippen MR) is 84.8 cm³/mol. The van der Waals surface area contributed by atoms with Gasteiger partial charge in [-0.05, 0) is 41.9 Å². The van der Waals surface area contributed by atoms with Crippen LogP contribution in [0.3, 0.4) is 0 Å². The fraction of sp³-hybridized carbons (Fsp3) is 1.00. The highest BCUT2D eigenvalue weighted by Gasteiger charge is 2.29. The molecule has 0 fully saturated rings. The molecule has 0 aliphatic rings. The van der Waals surface area contributed by atoms with E-state index in [1.54, 1.807) is 0 Å². The van der Waals surface area contributed by atoms with Gasteiger partial charge in [0.05, 0.1) is 0 Å². The van der Waals surface area contributed by atoms with Gasteiger partial charge in [0.1, 0.15) is 0 Å². The molecule has 0 aliphatic carbocycles. The second kappa shape index (κ2) is 8.99. The maximum Gasteiger partial charge on any atom is -0.0355 e. The number of hydrogen-bond acceptors (Lipinski definition) is 0. The van der Waals surface area contributed by atoms with Gasteiger partial charge in [0, 0.05) is 0 Å². The van der Waals surface area contributed by atoms with E-state index >= 15 is 0 Å². The molecular weight excluding hydrogens is 216 g/mol. The third-order valence-corrected chi connectivity index (χ3v) is 5.65. The highest BCUT2D eigenvalue weighted by molar-refractivity contribution is 4.79. The van der Waals surface area contributed by atoms with Gasteiger partial charge in [-0.25, -0.2) is 0 Å². The lowest BCUT2D eigenvalue weighted by Crippen LogP contribution is -2.28. The average molecular weight is 255 g/mol. The van der Waals surface area contributed by atoms with E-state index in [9.17, 15) is 0 Å². The SMILES string of the molecule is CCC(C)C(C)C(CC(C)C(C)C)C(CC)CC. The molecule has 0 aromatic rings. The lowest BCUT2D eigenvalue weighted by Gasteiger charge is -2.36. The van der Waals surface area contributed by atoms with E-state index in [-0.39, 0.29) is 0 Å². The summed E-state index contributed by atoms with van der Waals surface area (Å²) in [5.74, 6) is 5.28. The summed E-state index contributed by atoms with van der Waals surface area (Å²) in [6, 6.07) is 0. The zero-order valence-corrected chi connectivity index (χ0v) is 14.3. The molecule has 0 spiro atoms. The topological polar surface area (TPSA) is 0 Å². The Morgan fingerprint density at radius 1 is 0.667 bits per heavy atom. The van der Waals surface area contributed by atoms with Crippen molar-refractivity contribution in [3.8, 4) is 0 Å². The lowest BCUT2D eigenvalue weighted by atomic mass is 9.69. The van der Waals surface area contributed by atoms with Crippen molar-refractivity contribution in [1.82, 2.24) is 0 Å². The van der Waals surface area contributed by atoms with Crippen LogP contribution in [0.25, 0.3) is 0 Å². The molecule has 18 heavy (non-hydrogen) atoms. The van der Waals surface area contributed by atoms with Gasteiger partial charge in [-0.15, -0.1) is 0 Å². The monoisotopic (exact) mass is 254 g/mol. The summed E-state index contributed by atoms with van der Waals surface area (Å²) >= 11 is 0. The molecule has 4 unspecified atom stereocenters. The summed E-state index contributed by atoms with van der Waals surface area (Å²) < 4.78 is 0. The van der Waals surface area contributed by atoms with Crippen LogP contribution in [0.2, 0.25) is 0 Å². The molecule has 0 aromatic carbocycles. The van der Waals surface area contributed by atoms with Gasteiger partial charge in [0.15, 0.2) is 0 Å². The van der Waals surface area contributed by atoms with Crippen LogP contribution < -0.4 is 0 Å². The van der Waals surface area contributed by atoms with E-state index in [1.807, 2.05) is 0 Å². The third-order valence-electron chi connectivity index (χ3n) is 5.65. The van der Waals surface area contributed by atoms with E-state index in [4.69, 9.17) is 0 Å². The fourth-order valence-corrected chi connectivity index (χ4v) is 3.23. The highest BCUT2D eigenvalue weighted by Crippen LogP contribution is 2.38. The second-order valence-electron chi connectivity index (χ2n) is 6.94. The van der Waals surface area contributed by atoms with Crippen LogP contribution >= 0.6 is 0 Å². The standard InChI is InChI=1S/C18H38/c1-9-14(6)16(8)18(17(10-2)11-3)12-15(7)13(4)5/h13-18H,9-12H2,1-8H3. The Hall–Kier alpha value is 0. The molecule has 0 rings (SSSR count). The molecule has 0 amide bonds. The smallest absolute Gasteiger partial charge is 0.0355 e. The van der Waals surface area contributed by atoms with Crippen LogP contribution in [0.4, 0.5) is 0 Å². The largest absolute Gasteiger partial charge is 0.0651 e. The van der Waals surface area contributed by atoms with E-state index in [2.05, 4.69) is 55.4 Å². The van der Waals surface area contributed by atoms with E-state index in [0.717, 1.165) is 35.5 Å². The van der Waals surface area contributed by atoms with Crippen LogP contribution in [0.5, 0.6) is 0 Å². The zero-order chi connectivity index (χ0) is 14.3. The Balaban J connectivity index is 4.81. The Kier molecular flexibility index (Phi) is 8.99. The van der Waals surface area contributed by atoms with Gasteiger partial charge < -0.3 is 0 Å². The second-order valence-corrected chi connectivity index (χ2v) is 6.94. The first-order valence-electron chi connectivity index (χ1n) is 8.38. The molecule has 0 N–H and O–H groups in total. The third kappa shape index (κ3) is 5.33. The zero-order valence-electron chi connectivity index (χ0n) is 14.3. The molecule has 0 nitrogen and oxygen atoms in total. The predicted octanol–water partition coefficient (Wildman–Crippen LogP) is 6.40. The van der Waals surface area contributed by atoms with Gasteiger partial charge >= 0.3 is 0 Å². The lowest BCUT2D eigenvalue weighted by molar-refractivity contribution is 0.132. The highest BCUT2D eigenvalue weighted by atomic mass is 14.3. The van der Waals surface area contributed by atoms with Crippen molar-refractivity contribution in [2.75, 3.05) is 0 Å². The number of hydrogen-bond donors (Lipinski definition) is 0. The molecule has 0 heterocycles. The number of rotatable bonds is 9. The Bertz CT molecular complexity index is 190. The molecule has 0 aliphatic heterocycles. The van der Waals surface area contributed by atoms with Crippen molar-refractivity contribution in [1.29, 1.82) is 0 Å². The minimum absolute atomic E-state index is 0.825. The minimum atomic E-state index is 0.825. The molecule has 4 atom stereocenters. The maximum atomic E-state index is 2.50. The van der Waals surface area contributed by atoms with Crippen molar-refractivity contribution in [3.63, 3.8) is 0 Å². The molecular formula is C18H38. The minimum Gasteiger partial charge on any atom is -0.0651 e. The van der Waals surface area contributed by atoms with Gasteiger partial charge in [0.2, 0.25) is 0 Å². The van der Waals surface area contributed by atoms with Crippen molar-refractivity contribution >= 4 is 0 Å². The summed E-state index contributed by atoms with van der Waals surface area (Å²) in [6.07, 6.45) is 5.46. The summed E-state index contributed by atoms with van der Waals surface area (Å²) in [4.78, 5) is 0. The Morgan fingerprint density at radius 3 is 1.50 bits per heavy atom. The van der Waals surface area contributed by atoms with Crippen LogP contribution in [-0.4, -0.2) is 0 Å². The fourth-order valence-electron chi connectivity index (χ4n) is 3.23. The van der Waals surface area contributed by atoms with Crippen LogP contribution in [0.15, 0.2) is 0 Å². The van der Waals surface area contributed by atoms with Crippen LogP contribution in [0, 0.1) is 35.5 Å². The summed E-state index contributed by atoms with van der Waals surface area (Å²) in [7, 11) is 0. The van der Waals surface area contributed by atoms with Gasteiger partial charge in [-0.1, -0.05) is 74.7 Å². The quantitative estimate of drug-likeness (QED) is 0.446. The first-order valence-corrected chi connectivity index (χ1v) is 8.38. The van der Waals surface area contributed by atoms with Crippen molar-refractivity contribution in [2.24, 2.45) is 35.5 Å². The molecule has 110 valence electrons. The normalized spacial score (nSPS) is 19.0. The summed E-state index contributed by atoms with van der Waals surface area (Å²) in [5, 5.41) is 0. The Morgan fingerprint density at radius 2 is 1.17 bits per heavy atom. The molecule has 0 aromatic heterocycles. The van der Waals surface area contributed by atoms with Gasteiger partial charge in [-0.2, -0.15) is 0 Å². The Labute approximate surface area is 117 Å². The van der Waals surface area contributed by atoms with E-state index in [1.165, 1.54) is 25.7 Å². The summed E-state index contributed by atoms with van der Waals surface area (Å²) in [5.41, 5.74) is 0. The molecule has 0 saturated carbocycles. The molecule has 0 heteroatoms. The average Bonchev–Trinajstić information content (AvgIpc) is 2.36.